The van der Waals surface area contributed by atoms with Gasteiger partial charge in [0.15, 0.2) is 11.5 Å². The first-order valence-electron chi connectivity index (χ1n) is 6.58. The highest BCUT2D eigenvalue weighted by molar-refractivity contribution is 5.77. The molecule has 4 nitrogen and oxygen atoms in total. The first-order valence-corrected chi connectivity index (χ1v) is 6.58. The van der Waals surface area contributed by atoms with E-state index in [0.29, 0.717) is 41.5 Å². The summed E-state index contributed by atoms with van der Waals surface area (Å²) in [6, 6.07) is 4.75. The molecular weight excluding hydrogens is 278 g/mol. The van der Waals surface area contributed by atoms with Crippen molar-refractivity contribution >= 4 is 5.69 Å². The quantitative estimate of drug-likeness (QED) is 0.862. The average molecular weight is 292 g/mol. The Balaban J connectivity index is 2.13. The molecule has 1 aliphatic rings. The first-order chi connectivity index (χ1) is 10.1. The number of hydrogen-bond acceptors (Lipinski definition) is 4. The molecule has 1 aromatic heterocycles. The van der Waals surface area contributed by atoms with Gasteiger partial charge in [-0.2, -0.15) is 0 Å². The molecule has 1 aliphatic heterocycles. The number of ether oxygens (including phenoxy) is 2. The van der Waals surface area contributed by atoms with Crippen LogP contribution in [0.2, 0.25) is 0 Å². The van der Waals surface area contributed by atoms with Gasteiger partial charge in [0.05, 0.1) is 13.2 Å². The Hall–Kier alpha value is -2.37. The lowest BCUT2D eigenvalue weighted by Crippen LogP contribution is -1.98. The number of nitrogens with two attached hydrogens (primary N) is 1. The maximum Gasteiger partial charge on any atom is 0.265 e. The molecule has 0 saturated heterocycles. The van der Waals surface area contributed by atoms with Gasteiger partial charge >= 0.3 is 0 Å². The lowest BCUT2D eigenvalue weighted by molar-refractivity contribution is 0.151. The van der Waals surface area contributed by atoms with E-state index in [2.05, 4.69) is 4.98 Å². The number of pyridine rings is 1. The Morgan fingerprint density at radius 3 is 2.71 bits per heavy atom. The molecular formula is C15H14F2N2O2. The highest BCUT2D eigenvalue weighted by Gasteiger charge is 2.18. The van der Waals surface area contributed by atoms with Crippen molar-refractivity contribution in [1.82, 2.24) is 4.98 Å². The SMILES string of the molecule is Nc1cc2c(c(-c3cncc(C(F)F)c3)c1)OCCCO2. The summed E-state index contributed by atoms with van der Waals surface area (Å²) < 4.78 is 36.9. The summed E-state index contributed by atoms with van der Waals surface area (Å²) in [5.41, 5.74) is 7.35. The van der Waals surface area contributed by atoms with Gasteiger partial charge in [-0.3, -0.25) is 4.98 Å². The predicted octanol–water partition coefficient (Wildman–Crippen LogP) is 3.43. The fraction of sp³-hybridized carbons (Fsp3) is 0.267. The smallest absolute Gasteiger partial charge is 0.265 e. The van der Waals surface area contributed by atoms with Crippen LogP contribution in [0.3, 0.4) is 0 Å². The molecule has 110 valence electrons. The van der Waals surface area contributed by atoms with Gasteiger partial charge in [0.2, 0.25) is 0 Å². The Bertz CT molecular complexity index is 662. The van der Waals surface area contributed by atoms with Crippen LogP contribution in [0.4, 0.5) is 14.5 Å². The molecule has 6 heteroatoms. The summed E-state index contributed by atoms with van der Waals surface area (Å²) in [5.74, 6) is 1.06. The van der Waals surface area contributed by atoms with E-state index in [-0.39, 0.29) is 5.56 Å². The number of hydrogen-bond donors (Lipinski definition) is 1. The molecule has 2 aromatic rings. The van der Waals surface area contributed by atoms with Crippen LogP contribution in [0.5, 0.6) is 11.5 Å². The van der Waals surface area contributed by atoms with Crippen molar-refractivity contribution in [2.45, 2.75) is 12.8 Å². The molecule has 0 radical (unpaired) electrons. The van der Waals surface area contributed by atoms with Crippen molar-refractivity contribution in [3.05, 3.63) is 36.2 Å². The fourth-order valence-corrected chi connectivity index (χ4v) is 2.23. The van der Waals surface area contributed by atoms with Crippen molar-refractivity contribution in [2.24, 2.45) is 0 Å². The molecule has 0 unspecified atom stereocenters. The second kappa shape index (κ2) is 5.55. The third-order valence-electron chi connectivity index (χ3n) is 3.19. The third kappa shape index (κ3) is 2.74. The maximum absolute atomic E-state index is 12.8. The largest absolute Gasteiger partial charge is 0.489 e. The molecule has 0 aliphatic carbocycles. The molecule has 0 fully saturated rings. The molecule has 0 bridgehead atoms. The summed E-state index contributed by atoms with van der Waals surface area (Å²) in [7, 11) is 0. The molecule has 2 N–H and O–H groups in total. The van der Waals surface area contributed by atoms with E-state index in [0.717, 1.165) is 12.6 Å². The summed E-state index contributed by atoms with van der Waals surface area (Å²) in [6.45, 7) is 1.04. The number of alkyl halides is 2. The molecule has 3 rings (SSSR count). The van der Waals surface area contributed by atoms with Crippen LogP contribution in [0, 0.1) is 0 Å². The lowest BCUT2D eigenvalue weighted by atomic mass is 10.0. The van der Waals surface area contributed by atoms with Gasteiger partial charge in [-0.15, -0.1) is 0 Å². The minimum Gasteiger partial charge on any atom is -0.489 e. The molecule has 2 heterocycles. The number of anilines is 1. The zero-order chi connectivity index (χ0) is 14.8. The van der Waals surface area contributed by atoms with E-state index < -0.39 is 6.43 Å². The maximum atomic E-state index is 12.8. The first kappa shape index (κ1) is 13.6. The molecule has 0 spiro atoms. The fourth-order valence-electron chi connectivity index (χ4n) is 2.23. The van der Waals surface area contributed by atoms with Gasteiger partial charge in [0, 0.05) is 47.3 Å². The molecule has 1 aromatic carbocycles. The minimum atomic E-state index is -2.57. The Labute approximate surface area is 120 Å². The number of aromatic nitrogens is 1. The second-order valence-electron chi connectivity index (χ2n) is 4.75. The van der Waals surface area contributed by atoms with E-state index in [1.165, 1.54) is 12.3 Å². The van der Waals surface area contributed by atoms with Crippen molar-refractivity contribution in [3.8, 4) is 22.6 Å². The Kier molecular flexibility index (Phi) is 3.60. The number of nitrogen functional groups attached to an aromatic ring is 1. The molecule has 0 saturated carbocycles. The van der Waals surface area contributed by atoms with E-state index in [1.807, 2.05) is 0 Å². The summed E-state index contributed by atoms with van der Waals surface area (Å²) >= 11 is 0. The van der Waals surface area contributed by atoms with Crippen LogP contribution < -0.4 is 15.2 Å². The van der Waals surface area contributed by atoms with Gasteiger partial charge in [0.25, 0.3) is 6.43 Å². The van der Waals surface area contributed by atoms with Crippen LogP contribution in [0.15, 0.2) is 30.6 Å². The second-order valence-corrected chi connectivity index (χ2v) is 4.75. The summed E-state index contributed by atoms with van der Waals surface area (Å²) in [4.78, 5) is 3.87. The number of fused-ring (bicyclic) bond motifs is 1. The van der Waals surface area contributed by atoms with E-state index in [4.69, 9.17) is 15.2 Å². The monoisotopic (exact) mass is 292 g/mol. The summed E-state index contributed by atoms with van der Waals surface area (Å²) in [6.07, 6.45) is 0.837. The normalized spacial score (nSPS) is 14.0. The van der Waals surface area contributed by atoms with Gasteiger partial charge in [0.1, 0.15) is 0 Å². The van der Waals surface area contributed by atoms with Crippen molar-refractivity contribution < 1.29 is 18.3 Å². The van der Waals surface area contributed by atoms with E-state index in [9.17, 15) is 8.78 Å². The standard InChI is InChI=1S/C15H14F2N2O2/c16-15(17)10-4-9(7-19-8-10)12-5-11(18)6-13-14(12)21-3-1-2-20-13/h4-8,15H,1-3,18H2. The number of rotatable bonds is 2. The molecule has 21 heavy (non-hydrogen) atoms. The zero-order valence-electron chi connectivity index (χ0n) is 11.2. The number of benzene rings is 1. The molecule has 0 amide bonds. The Morgan fingerprint density at radius 2 is 1.90 bits per heavy atom. The molecule has 0 atom stereocenters. The topological polar surface area (TPSA) is 57.4 Å². The van der Waals surface area contributed by atoms with Gasteiger partial charge < -0.3 is 15.2 Å². The van der Waals surface area contributed by atoms with Gasteiger partial charge in [-0.25, -0.2) is 8.78 Å². The van der Waals surface area contributed by atoms with Crippen LogP contribution in [-0.2, 0) is 0 Å². The lowest BCUT2D eigenvalue weighted by Gasteiger charge is -2.14. The average Bonchev–Trinajstić information content (AvgIpc) is 2.71. The van der Waals surface area contributed by atoms with Gasteiger partial charge in [-0.05, 0) is 12.1 Å². The highest BCUT2D eigenvalue weighted by atomic mass is 19.3. The van der Waals surface area contributed by atoms with Crippen molar-refractivity contribution in [1.29, 1.82) is 0 Å². The predicted molar refractivity (Wildman–Crippen MR) is 74.6 cm³/mol. The summed E-state index contributed by atoms with van der Waals surface area (Å²) in [5, 5.41) is 0. The number of halogens is 2. The van der Waals surface area contributed by atoms with Crippen molar-refractivity contribution in [2.75, 3.05) is 18.9 Å². The number of nitrogens with zero attached hydrogens (tertiary/aromatic N) is 1. The van der Waals surface area contributed by atoms with Gasteiger partial charge in [-0.1, -0.05) is 0 Å². The Morgan fingerprint density at radius 1 is 1.10 bits per heavy atom. The minimum absolute atomic E-state index is 0.141. The van der Waals surface area contributed by atoms with E-state index >= 15 is 0 Å². The zero-order valence-corrected chi connectivity index (χ0v) is 11.2. The van der Waals surface area contributed by atoms with Crippen LogP contribution >= 0.6 is 0 Å². The van der Waals surface area contributed by atoms with Crippen LogP contribution in [0.1, 0.15) is 18.4 Å². The third-order valence-corrected chi connectivity index (χ3v) is 3.19. The van der Waals surface area contributed by atoms with E-state index in [1.54, 1.807) is 12.1 Å². The highest BCUT2D eigenvalue weighted by Crippen LogP contribution is 2.41. The van der Waals surface area contributed by atoms with Crippen LogP contribution in [-0.4, -0.2) is 18.2 Å². The van der Waals surface area contributed by atoms with Crippen LogP contribution in [0.25, 0.3) is 11.1 Å². The van der Waals surface area contributed by atoms with Crippen molar-refractivity contribution in [3.63, 3.8) is 0 Å².